The second-order valence-corrected chi connectivity index (χ2v) is 9.51. The Morgan fingerprint density at radius 2 is 1.61 bits per heavy atom. The van der Waals surface area contributed by atoms with Crippen molar-refractivity contribution >= 4 is 5.69 Å². The number of hydrogen-bond donors (Lipinski definition) is 1. The molecule has 4 nitrogen and oxygen atoms in total. The fourth-order valence-electron chi connectivity index (χ4n) is 5.15. The van der Waals surface area contributed by atoms with E-state index in [2.05, 4.69) is 54.0 Å². The minimum absolute atomic E-state index is 0.00636. The third kappa shape index (κ3) is 5.24. The lowest BCUT2D eigenvalue weighted by atomic mass is 9.97. The largest absolute Gasteiger partial charge is 0.489 e. The number of ether oxygens (including phenoxy) is 1. The van der Waals surface area contributed by atoms with Crippen LogP contribution < -0.4 is 9.64 Å². The van der Waals surface area contributed by atoms with Crippen LogP contribution in [-0.2, 0) is 0 Å². The van der Waals surface area contributed by atoms with Gasteiger partial charge in [0, 0.05) is 0 Å². The maximum atomic E-state index is 11.9. The summed E-state index contributed by atoms with van der Waals surface area (Å²) in [7, 11) is 0. The molecule has 1 saturated heterocycles. The van der Waals surface area contributed by atoms with E-state index < -0.39 is 6.23 Å². The van der Waals surface area contributed by atoms with Gasteiger partial charge in [0.1, 0.15) is 18.6 Å². The van der Waals surface area contributed by atoms with Gasteiger partial charge in [0.05, 0.1) is 17.8 Å². The van der Waals surface area contributed by atoms with Gasteiger partial charge in [-0.05, 0) is 56.0 Å². The van der Waals surface area contributed by atoms with Gasteiger partial charge >= 0.3 is 0 Å². The Morgan fingerprint density at radius 3 is 2.35 bits per heavy atom. The van der Waals surface area contributed by atoms with Gasteiger partial charge in [-0.2, -0.15) is 0 Å². The van der Waals surface area contributed by atoms with Crippen molar-refractivity contribution in [3.63, 3.8) is 0 Å². The first-order valence-corrected chi connectivity index (χ1v) is 12.1. The first kappa shape index (κ1) is 22.2. The highest BCUT2D eigenvalue weighted by molar-refractivity contribution is 5.62. The van der Waals surface area contributed by atoms with Crippen molar-refractivity contribution in [1.82, 2.24) is 4.90 Å². The monoisotopic (exact) mass is 422 g/mol. The van der Waals surface area contributed by atoms with Gasteiger partial charge in [-0.25, -0.2) is 0 Å². The molecule has 1 fully saturated rings. The van der Waals surface area contributed by atoms with Crippen LogP contribution in [-0.4, -0.2) is 42.0 Å². The number of unbranched alkanes of at least 4 members (excludes halogenated alkanes) is 1. The zero-order valence-electron chi connectivity index (χ0n) is 19.1. The van der Waals surface area contributed by atoms with E-state index in [1.807, 2.05) is 24.3 Å². The van der Waals surface area contributed by atoms with Crippen LogP contribution in [0.4, 0.5) is 5.69 Å². The van der Waals surface area contributed by atoms with E-state index in [4.69, 9.17) is 4.74 Å². The molecule has 0 saturated carbocycles. The maximum Gasteiger partial charge on any atom is 0.143 e. The van der Waals surface area contributed by atoms with Crippen LogP contribution in [0.1, 0.15) is 64.0 Å². The topological polar surface area (TPSA) is 35.9 Å². The minimum Gasteiger partial charge on any atom is -0.489 e. The molecule has 1 N–H and O–H groups in total. The average Bonchev–Trinajstić information content (AvgIpc) is 3.33. The molecular formula is C27H38N2O2. The van der Waals surface area contributed by atoms with E-state index >= 15 is 0 Å². The fourth-order valence-corrected chi connectivity index (χ4v) is 5.15. The van der Waals surface area contributed by atoms with Crippen LogP contribution in [0.25, 0.3) is 0 Å². The van der Waals surface area contributed by atoms with E-state index in [1.165, 1.54) is 37.7 Å². The molecule has 2 aliphatic rings. The SMILES string of the molecule is CC(C)CCCCC(C(O)N1c2ccccc2OCC1c1ccccc1)N1CCCC1. The Hall–Kier alpha value is -2.04. The van der Waals surface area contributed by atoms with Gasteiger partial charge in [-0.1, -0.05) is 75.6 Å². The minimum atomic E-state index is -0.563. The van der Waals surface area contributed by atoms with Crippen LogP contribution in [0.15, 0.2) is 54.6 Å². The van der Waals surface area contributed by atoms with E-state index in [0.29, 0.717) is 6.61 Å². The van der Waals surface area contributed by atoms with Gasteiger partial charge in [-0.3, -0.25) is 4.90 Å². The van der Waals surface area contributed by atoms with Crippen LogP contribution in [0, 0.1) is 5.92 Å². The zero-order chi connectivity index (χ0) is 21.6. The second kappa shape index (κ2) is 10.5. The van der Waals surface area contributed by atoms with Crippen molar-refractivity contribution in [2.24, 2.45) is 5.92 Å². The van der Waals surface area contributed by atoms with Crippen molar-refractivity contribution in [3.05, 3.63) is 60.2 Å². The molecule has 0 aliphatic carbocycles. The van der Waals surface area contributed by atoms with Crippen LogP contribution in [0.2, 0.25) is 0 Å². The molecule has 3 atom stereocenters. The van der Waals surface area contributed by atoms with E-state index in [0.717, 1.165) is 36.9 Å². The highest BCUT2D eigenvalue weighted by Gasteiger charge is 2.39. The van der Waals surface area contributed by atoms with E-state index in [9.17, 15) is 5.11 Å². The number of fused-ring (bicyclic) bond motifs is 1. The second-order valence-electron chi connectivity index (χ2n) is 9.51. The Balaban J connectivity index is 1.62. The molecule has 4 heteroatoms. The van der Waals surface area contributed by atoms with Gasteiger partial charge in [0.25, 0.3) is 0 Å². The lowest BCUT2D eigenvalue weighted by Crippen LogP contribution is -2.54. The molecule has 2 aromatic rings. The molecule has 0 amide bonds. The summed E-state index contributed by atoms with van der Waals surface area (Å²) in [6.45, 7) is 7.32. The predicted molar refractivity (Wildman–Crippen MR) is 128 cm³/mol. The molecule has 2 heterocycles. The fraction of sp³-hybridized carbons (Fsp3) is 0.556. The molecule has 0 bridgehead atoms. The highest BCUT2D eigenvalue weighted by Crippen LogP contribution is 2.41. The lowest BCUT2D eigenvalue weighted by molar-refractivity contribution is 0.0388. The summed E-state index contributed by atoms with van der Waals surface area (Å²) in [6, 6.07) is 18.8. The molecule has 2 aromatic carbocycles. The van der Waals surface area contributed by atoms with Gasteiger partial charge < -0.3 is 14.7 Å². The van der Waals surface area contributed by atoms with Crippen molar-refractivity contribution < 1.29 is 9.84 Å². The zero-order valence-corrected chi connectivity index (χ0v) is 19.1. The number of anilines is 1. The van der Waals surface area contributed by atoms with Gasteiger partial charge in [0.2, 0.25) is 0 Å². The van der Waals surface area contributed by atoms with Gasteiger partial charge in [0.15, 0.2) is 0 Å². The molecule has 4 rings (SSSR count). The number of nitrogens with zero attached hydrogens (tertiary/aromatic N) is 2. The molecule has 0 aromatic heterocycles. The lowest BCUT2D eigenvalue weighted by Gasteiger charge is -2.46. The summed E-state index contributed by atoms with van der Waals surface area (Å²) < 4.78 is 6.13. The van der Waals surface area contributed by atoms with Crippen LogP contribution in [0.3, 0.4) is 0 Å². The highest BCUT2D eigenvalue weighted by atomic mass is 16.5. The number of hydrogen-bond acceptors (Lipinski definition) is 4. The maximum absolute atomic E-state index is 11.9. The summed E-state index contributed by atoms with van der Waals surface area (Å²) in [4.78, 5) is 4.76. The van der Waals surface area contributed by atoms with Crippen LogP contribution >= 0.6 is 0 Å². The third-order valence-electron chi connectivity index (χ3n) is 6.83. The smallest absolute Gasteiger partial charge is 0.143 e. The number of aliphatic hydroxyl groups is 1. The Labute approximate surface area is 187 Å². The predicted octanol–water partition coefficient (Wildman–Crippen LogP) is 5.63. The van der Waals surface area contributed by atoms with Crippen molar-refractivity contribution in [2.45, 2.75) is 70.7 Å². The number of benzene rings is 2. The summed E-state index contributed by atoms with van der Waals surface area (Å²) in [6.07, 6.45) is 6.60. The summed E-state index contributed by atoms with van der Waals surface area (Å²) in [5.41, 5.74) is 2.19. The third-order valence-corrected chi connectivity index (χ3v) is 6.83. The first-order chi connectivity index (χ1) is 15.1. The quantitative estimate of drug-likeness (QED) is 0.532. The number of aliphatic hydroxyl groups excluding tert-OH is 1. The summed E-state index contributed by atoms with van der Waals surface area (Å²) >= 11 is 0. The van der Waals surface area contributed by atoms with Crippen molar-refractivity contribution in [3.8, 4) is 5.75 Å². The van der Waals surface area contributed by atoms with E-state index in [1.54, 1.807) is 0 Å². The van der Waals surface area contributed by atoms with E-state index in [-0.39, 0.29) is 12.1 Å². The molecule has 3 unspecified atom stereocenters. The average molecular weight is 423 g/mol. The molecule has 31 heavy (non-hydrogen) atoms. The molecule has 0 spiro atoms. The Bertz CT molecular complexity index is 804. The normalized spacial score (nSPS) is 21.0. The van der Waals surface area contributed by atoms with Gasteiger partial charge in [-0.15, -0.1) is 0 Å². The van der Waals surface area contributed by atoms with Crippen molar-refractivity contribution in [1.29, 1.82) is 0 Å². The number of rotatable bonds is 9. The first-order valence-electron chi connectivity index (χ1n) is 12.1. The van der Waals surface area contributed by atoms with Crippen LogP contribution in [0.5, 0.6) is 5.75 Å². The molecule has 168 valence electrons. The van der Waals surface area contributed by atoms with Crippen molar-refractivity contribution in [2.75, 3.05) is 24.6 Å². The standard InChI is InChI=1S/C27H38N2O2/c1-21(2)12-6-7-16-24(28-18-10-11-19-28)27(30)29-23-15-8-9-17-26(23)31-20-25(29)22-13-4-3-5-14-22/h3-5,8-9,13-15,17,21,24-25,27,30H,6-7,10-12,16,18-20H2,1-2H3. The molecule has 2 aliphatic heterocycles. The summed E-state index contributed by atoms with van der Waals surface area (Å²) in [5.74, 6) is 1.61. The number of para-hydroxylation sites is 2. The Kier molecular flexibility index (Phi) is 7.52. The Morgan fingerprint density at radius 1 is 0.935 bits per heavy atom. The summed E-state index contributed by atoms with van der Waals surface area (Å²) in [5, 5.41) is 11.9. The number of likely N-dealkylation sites (tertiary alicyclic amines) is 1. The molecular weight excluding hydrogens is 384 g/mol. The molecule has 0 radical (unpaired) electrons.